The number of hydrogen-bond donors (Lipinski definition) is 0. The van der Waals surface area contributed by atoms with Crippen LogP contribution in [0.2, 0.25) is 0 Å². The maximum atomic E-state index is 11.4. The number of nitrogens with zero attached hydrogens (tertiary/aromatic N) is 1. The number of pyridine rings is 1. The number of para-hydroxylation sites is 1. The van der Waals surface area contributed by atoms with Crippen molar-refractivity contribution < 1.29 is 4.79 Å². The van der Waals surface area contributed by atoms with Crippen molar-refractivity contribution >= 4 is 39.4 Å². The summed E-state index contributed by atoms with van der Waals surface area (Å²) in [5.74, 6) is 0.0141. The molecule has 0 bridgehead atoms. The number of aromatic nitrogens is 1. The van der Waals surface area contributed by atoms with E-state index in [-0.39, 0.29) is 12.2 Å². The van der Waals surface area contributed by atoms with Gasteiger partial charge in [-0.05, 0) is 12.1 Å². The lowest BCUT2D eigenvalue weighted by Crippen LogP contribution is -2.33. The SMILES string of the molecule is O=C1C=c2nc3ccccc3cc2=C(Cl)C1. The Bertz CT molecular complexity index is 718. The monoisotopic (exact) mass is 229 g/mol. The lowest BCUT2D eigenvalue weighted by molar-refractivity contribution is -0.112. The van der Waals surface area contributed by atoms with Crippen LogP contribution >= 0.6 is 11.6 Å². The van der Waals surface area contributed by atoms with E-state index in [1.807, 2.05) is 30.3 Å². The summed E-state index contributed by atoms with van der Waals surface area (Å²) in [6.45, 7) is 0. The molecule has 1 aromatic heterocycles. The number of rotatable bonds is 0. The largest absolute Gasteiger partial charge is 0.294 e. The van der Waals surface area contributed by atoms with E-state index in [0.717, 1.165) is 16.1 Å². The van der Waals surface area contributed by atoms with Crippen molar-refractivity contribution in [2.24, 2.45) is 0 Å². The Balaban J connectivity index is 2.53. The zero-order chi connectivity index (χ0) is 11.1. The summed E-state index contributed by atoms with van der Waals surface area (Å²) >= 11 is 6.08. The fourth-order valence-corrected chi connectivity index (χ4v) is 2.19. The van der Waals surface area contributed by atoms with Crippen molar-refractivity contribution in [2.45, 2.75) is 6.42 Å². The summed E-state index contributed by atoms with van der Waals surface area (Å²) in [5, 5.41) is 3.18. The molecule has 0 N–H and O–H groups in total. The van der Waals surface area contributed by atoms with Crippen LogP contribution in [0.3, 0.4) is 0 Å². The predicted octanol–water partition coefficient (Wildman–Crippen LogP) is 1.34. The van der Waals surface area contributed by atoms with Gasteiger partial charge in [0, 0.05) is 28.1 Å². The highest BCUT2D eigenvalue weighted by atomic mass is 35.5. The van der Waals surface area contributed by atoms with Gasteiger partial charge in [0.1, 0.15) is 0 Å². The number of halogens is 1. The zero-order valence-corrected chi connectivity index (χ0v) is 9.16. The van der Waals surface area contributed by atoms with Gasteiger partial charge in [-0.25, -0.2) is 4.98 Å². The zero-order valence-electron chi connectivity index (χ0n) is 8.40. The standard InChI is InChI=1S/C13H8ClNO/c14-11-6-9(16)7-13-10(11)5-8-3-1-2-4-12(8)15-13/h1-5,7H,6H2. The highest BCUT2D eigenvalue weighted by Crippen LogP contribution is 2.11. The third-order valence-electron chi connectivity index (χ3n) is 2.67. The molecular weight excluding hydrogens is 222 g/mol. The summed E-state index contributed by atoms with van der Waals surface area (Å²) in [7, 11) is 0. The van der Waals surface area contributed by atoms with Gasteiger partial charge < -0.3 is 0 Å². The summed E-state index contributed by atoms with van der Waals surface area (Å²) < 4.78 is 0. The van der Waals surface area contributed by atoms with Gasteiger partial charge >= 0.3 is 0 Å². The lowest BCUT2D eigenvalue weighted by atomic mass is 10.1. The molecule has 16 heavy (non-hydrogen) atoms. The summed E-state index contributed by atoms with van der Waals surface area (Å²) in [4.78, 5) is 15.8. The number of carbonyl (C=O) groups is 1. The number of benzene rings is 1. The van der Waals surface area contributed by atoms with E-state index in [1.54, 1.807) is 6.08 Å². The summed E-state index contributed by atoms with van der Waals surface area (Å²) in [5.41, 5.74) is 0.886. The number of hydrogen-bond acceptors (Lipinski definition) is 2. The number of fused-ring (bicyclic) bond motifs is 2. The first-order valence-corrected chi connectivity index (χ1v) is 5.41. The predicted molar refractivity (Wildman–Crippen MR) is 64.3 cm³/mol. The van der Waals surface area contributed by atoms with Gasteiger partial charge in [0.15, 0.2) is 5.78 Å². The van der Waals surface area contributed by atoms with Gasteiger partial charge in [-0.15, -0.1) is 0 Å². The molecule has 0 saturated heterocycles. The second-order valence-electron chi connectivity index (χ2n) is 3.81. The third-order valence-corrected chi connectivity index (χ3v) is 3.01. The van der Waals surface area contributed by atoms with Crippen molar-refractivity contribution in [1.82, 2.24) is 4.98 Å². The molecule has 3 heteroatoms. The summed E-state index contributed by atoms with van der Waals surface area (Å²) in [6.07, 6.45) is 1.85. The summed E-state index contributed by atoms with van der Waals surface area (Å²) in [6, 6.07) is 9.79. The van der Waals surface area contributed by atoms with Crippen molar-refractivity contribution in [3.05, 3.63) is 40.9 Å². The van der Waals surface area contributed by atoms with E-state index in [2.05, 4.69) is 4.98 Å². The molecule has 2 aromatic rings. The fourth-order valence-electron chi connectivity index (χ4n) is 1.91. The molecule has 0 fully saturated rings. The van der Waals surface area contributed by atoms with Crippen LogP contribution in [-0.2, 0) is 4.79 Å². The average molecular weight is 230 g/mol. The van der Waals surface area contributed by atoms with Crippen LogP contribution in [0.15, 0.2) is 30.3 Å². The molecule has 0 radical (unpaired) electrons. The Hall–Kier alpha value is -1.67. The van der Waals surface area contributed by atoms with Gasteiger partial charge in [0.05, 0.1) is 10.9 Å². The smallest absolute Gasteiger partial charge is 0.163 e. The minimum Gasteiger partial charge on any atom is -0.294 e. The minimum atomic E-state index is 0.0141. The van der Waals surface area contributed by atoms with Crippen molar-refractivity contribution in [3.8, 4) is 0 Å². The molecule has 2 nitrogen and oxygen atoms in total. The van der Waals surface area contributed by atoms with E-state index < -0.39 is 0 Å². The minimum absolute atomic E-state index is 0.0141. The quantitative estimate of drug-likeness (QED) is 0.682. The molecule has 1 aromatic carbocycles. The van der Waals surface area contributed by atoms with E-state index in [0.29, 0.717) is 10.4 Å². The van der Waals surface area contributed by atoms with Gasteiger partial charge in [-0.1, -0.05) is 29.8 Å². The Labute approximate surface area is 96.9 Å². The van der Waals surface area contributed by atoms with Crippen molar-refractivity contribution in [1.29, 1.82) is 0 Å². The first-order chi connectivity index (χ1) is 7.74. The highest BCUT2D eigenvalue weighted by Gasteiger charge is 2.10. The van der Waals surface area contributed by atoms with Crippen LogP contribution in [0, 0.1) is 0 Å². The molecule has 0 amide bonds. The molecule has 1 aliphatic rings. The lowest BCUT2D eigenvalue weighted by Gasteiger charge is -2.04. The Morgan fingerprint density at radius 1 is 1.25 bits per heavy atom. The van der Waals surface area contributed by atoms with Gasteiger partial charge in [-0.3, -0.25) is 4.79 Å². The molecule has 1 heterocycles. The van der Waals surface area contributed by atoms with E-state index >= 15 is 0 Å². The molecule has 78 valence electrons. The second-order valence-corrected chi connectivity index (χ2v) is 4.26. The Morgan fingerprint density at radius 3 is 2.94 bits per heavy atom. The van der Waals surface area contributed by atoms with Crippen LogP contribution in [0.5, 0.6) is 0 Å². The molecule has 1 aliphatic carbocycles. The molecule has 0 aliphatic heterocycles. The van der Waals surface area contributed by atoms with Crippen molar-refractivity contribution in [3.63, 3.8) is 0 Å². The van der Waals surface area contributed by atoms with Crippen LogP contribution < -0.4 is 10.6 Å². The average Bonchev–Trinajstić information content (AvgIpc) is 2.27. The highest BCUT2D eigenvalue weighted by molar-refractivity contribution is 6.47. The molecular formula is C13H8ClNO. The molecule has 0 atom stereocenters. The second kappa shape index (κ2) is 3.42. The number of ketones is 1. The van der Waals surface area contributed by atoms with Gasteiger partial charge in [0.25, 0.3) is 0 Å². The topological polar surface area (TPSA) is 30.0 Å². The van der Waals surface area contributed by atoms with Crippen LogP contribution in [0.4, 0.5) is 0 Å². The fraction of sp³-hybridized carbons (Fsp3) is 0.0769. The van der Waals surface area contributed by atoms with Crippen LogP contribution in [0.1, 0.15) is 6.42 Å². The number of carbonyl (C=O) groups excluding carboxylic acids is 1. The first-order valence-electron chi connectivity index (χ1n) is 5.03. The molecule has 0 spiro atoms. The maximum absolute atomic E-state index is 11.4. The van der Waals surface area contributed by atoms with Gasteiger partial charge in [0.2, 0.25) is 0 Å². The first kappa shape index (κ1) is 9.55. The van der Waals surface area contributed by atoms with Gasteiger partial charge in [-0.2, -0.15) is 0 Å². The van der Waals surface area contributed by atoms with E-state index in [1.165, 1.54) is 0 Å². The van der Waals surface area contributed by atoms with Crippen LogP contribution in [-0.4, -0.2) is 10.8 Å². The van der Waals surface area contributed by atoms with Crippen LogP contribution in [0.25, 0.3) is 22.0 Å². The Kier molecular flexibility index (Phi) is 2.04. The molecule has 0 saturated carbocycles. The van der Waals surface area contributed by atoms with Crippen molar-refractivity contribution in [2.75, 3.05) is 0 Å². The molecule has 0 unspecified atom stereocenters. The maximum Gasteiger partial charge on any atom is 0.163 e. The Morgan fingerprint density at radius 2 is 2.06 bits per heavy atom. The third kappa shape index (κ3) is 1.42. The normalized spacial score (nSPS) is 14.8. The number of Topliss-reactive ketones (excluding diaryl/α,β-unsaturated/α-hetero) is 1. The van der Waals surface area contributed by atoms with E-state index in [4.69, 9.17) is 11.6 Å². The molecule has 3 rings (SSSR count). The van der Waals surface area contributed by atoms with E-state index in [9.17, 15) is 4.79 Å².